The number of hydrogen-bond donors (Lipinski definition) is 0. The van der Waals surface area contributed by atoms with E-state index >= 15 is 0 Å². The molecule has 0 heterocycles. The third-order valence-corrected chi connectivity index (χ3v) is 4.38. The molecule has 1 fully saturated rings. The highest BCUT2D eigenvalue weighted by Gasteiger charge is 2.47. The van der Waals surface area contributed by atoms with Gasteiger partial charge in [-0.05, 0) is 24.3 Å². The maximum Gasteiger partial charge on any atom is 0.159 e. The number of nitriles is 1. The molecular weight excluding hydrogens is 254 g/mol. The van der Waals surface area contributed by atoms with E-state index < -0.39 is 0 Å². The summed E-state index contributed by atoms with van der Waals surface area (Å²) in [5.74, 6) is 0.686. The van der Waals surface area contributed by atoms with Crippen LogP contribution in [0, 0.1) is 11.3 Å². The number of ether oxygens (including phenoxy) is 1. The molecular formula is C16H13NOS. The van der Waals surface area contributed by atoms with Crippen molar-refractivity contribution >= 4 is 11.8 Å². The van der Waals surface area contributed by atoms with Gasteiger partial charge in [0.15, 0.2) is 4.93 Å². The summed E-state index contributed by atoms with van der Waals surface area (Å²) in [5.41, 5.74) is 0.599. The van der Waals surface area contributed by atoms with Crippen molar-refractivity contribution in [2.75, 3.05) is 0 Å². The Morgan fingerprint density at radius 1 is 1.00 bits per heavy atom. The second kappa shape index (κ2) is 4.99. The first-order valence-electron chi connectivity index (χ1n) is 6.24. The Morgan fingerprint density at radius 3 is 2.37 bits per heavy atom. The van der Waals surface area contributed by atoms with Crippen LogP contribution in [0.3, 0.4) is 0 Å². The predicted molar refractivity (Wildman–Crippen MR) is 76.0 cm³/mol. The van der Waals surface area contributed by atoms with Crippen molar-refractivity contribution in [1.82, 2.24) is 0 Å². The maximum atomic E-state index is 9.09. The summed E-state index contributed by atoms with van der Waals surface area (Å²) in [4.78, 5) is 1.02. The maximum absolute atomic E-state index is 9.09. The number of nitrogens with zero attached hydrogens (tertiary/aromatic N) is 1. The number of thioether (sulfide) groups is 1. The molecule has 2 nitrogen and oxygen atoms in total. The third kappa shape index (κ3) is 2.74. The Morgan fingerprint density at radius 2 is 1.68 bits per heavy atom. The lowest BCUT2D eigenvalue weighted by molar-refractivity contribution is 0.271. The first kappa shape index (κ1) is 12.1. The van der Waals surface area contributed by atoms with Crippen molar-refractivity contribution in [3.05, 3.63) is 60.2 Å². The first-order chi connectivity index (χ1) is 9.31. The summed E-state index contributed by atoms with van der Waals surface area (Å²) in [7, 11) is 0. The first-order valence-corrected chi connectivity index (χ1v) is 7.05. The summed E-state index contributed by atoms with van der Waals surface area (Å²) < 4.78 is 6.08. The minimum Gasteiger partial charge on any atom is -0.475 e. The smallest absolute Gasteiger partial charge is 0.159 e. The van der Waals surface area contributed by atoms with Gasteiger partial charge in [0.1, 0.15) is 11.8 Å². The molecule has 0 spiro atoms. The van der Waals surface area contributed by atoms with Crippen molar-refractivity contribution < 1.29 is 4.74 Å². The van der Waals surface area contributed by atoms with E-state index in [1.54, 1.807) is 17.8 Å². The van der Waals surface area contributed by atoms with E-state index in [1.807, 2.05) is 36.4 Å². The largest absolute Gasteiger partial charge is 0.475 e. The zero-order valence-electron chi connectivity index (χ0n) is 10.4. The van der Waals surface area contributed by atoms with Gasteiger partial charge in [-0.2, -0.15) is 5.26 Å². The van der Waals surface area contributed by atoms with Crippen LogP contribution < -0.4 is 4.74 Å². The number of hydrogen-bond acceptors (Lipinski definition) is 3. The van der Waals surface area contributed by atoms with Gasteiger partial charge in [0.2, 0.25) is 0 Å². The molecule has 1 aliphatic carbocycles. The van der Waals surface area contributed by atoms with Crippen molar-refractivity contribution in [3.8, 4) is 11.8 Å². The molecule has 3 heteroatoms. The lowest BCUT2D eigenvalue weighted by Crippen LogP contribution is -2.13. The van der Waals surface area contributed by atoms with Gasteiger partial charge in [-0.15, -0.1) is 0 Å². The Balaban J connectivity index is 1.78. The van der Waals surface area contributed by atoms with Crippen LogP contribution in [0.25, 0.3) is 0 Å². The molecule has 0 atom stereocenters. The van der Waals surface area contributed by atoms with Crippen LogP contribution >= 0.6 is 11.8 Å². The summed E-state index contributed by atoms with van der Waals surface area (Å²) in [5, 5.41) is 9.09. The minimum atomic E-state index is -0.186. The number of benzene rings is 2. The molecule has 0 saturated heterocycles. The zero-order chi connectivity index (χ0) is 13.1. The van der Waals surface area contributed by atoms with E-state index in [0.29, 0.717) is 11.3 Å². The van der Waals surface area contributed by atoms with Crippen LogP contribution in [-0.4, -0.2) is 4.93 Å². The lowest BCUT2D eigenvalue weighted by Gasteiger charge is -2.18. The number of rotatable bonds is 4. The average Bonchev–Trinajstić information content (AvgIpc) is 3.20. The topological polar surface area (TPSA) is 33.0 Å². The molecule has 19 heavy (non-hydrogen) atoms. The van der Waals surface area contributed by atoms with E-state index in [2.05, 4.69) is 18.2 Å². The molecule has 0 unspecified atom stereocenters. The Bertz CT molecular complexity index is 614. The normalized spacial score (nSPS) is 15.5. The molecule has 0 radical (unpaired) electrons. The van der Waals surface area contributed by atoms with Crippen molar-refractivity contribution in [1.29, 1.82) is 5.26 Å². The van der Waals surface area contributed by atoms with Crippen molar-refractivity contribution in [2.24, 2.45) is 0 Å². The van der Waals surface area contributed by atoms with Gasteiger partial charge in [0.05, 0.1) is 5.56 Å². The second-order valence-electron chi connectivity index (χ2n) is 4.54. The van der Waals surface area contributed by atoms with Crippen molar-refractivity contribution in [2.45, 2.75) is 22.7 Å². The Hall–Kier alpha value is -1.92. The molecule has 1 aliphatic rings. The van der Waals surface area contributed by atoms with E-state index in [4.69, 9.17) is 10.00 Å². The van der Waals surface area contributed by atoms with Crippen LogP contribution in [0.1, 0.15) is 18.4 Å². The summed E-state index contributed by atoms with van der Waals surface area (Å²) in [6.45, 7) is 0. The van der Waals surface area contributed by atoms with Crippen LogP contribution in [0.4, 0.5) is 0 Å². The van der Waals surface area contributed by atoms with E-state index in [-0.39, 0.29) is 4.93 Å². The molecule has 0 bridgehead atoms. The molecule has 2 aromatic carbocycles. The van der Waals surface area contributed by atoms with Gasteiger partial charge < -0.3 is 4.74 Å². The standard InChI is InChI=1S/C16H13NOS/c17-12-13-6-4-5-9-15(13)18-16(10-11-16)19-14-7-2-1-3-8-14/h1-9H,10-11H2. The van der Waals surface area contributed by atoms with Gasteiger partial charge in [-0.25, -0.2) is 0 Å². The summed E-state index contributed by atoms with van der Waals surface area (Å²) in [6, 6.07) is 19.8. The van der Waals surface area contributed by atoms with Gasteiger partial charge in [-0.3, -0.25) is 0 Å². The fourth-order valence-electron chi connectivity index (χ4n) is 1.88. The second-order valence-corrected chi connectivity index (χ2v) is 5.96. The molecule has 0 amide bonds. The lowest BCUT2D eigenvalue weighted by atomic mass is 10.2. The number of para-hydroxylation sites is 1. The third-order valence-electron chi connectivity index (χ3n) is 3.01. The zero-order valence-corrected chi connectivity index (χ0v) is 11.2. The molecule has 0 aromatic heterocycles. The van der Waals surface area contributed by atoms with Gasteiger partial charge in [0.25, 0.3) is 0 Å². The fourth-order valence-corrected chi connectivity index (χ4v) is 3.04. The van der Waals surface area contributed by atoms with Crippen LogP contribution in [0.15, 0.2) is 59.5 Å². The quantitative estimate of drug-likeness (QED) is 0.778. The van der Waals surface area contributed by atoms with Crippen molar-refractivity contribution in [3.63, 3.8) is 0 Å². The molecule has 0 N–H and O–H groups in total. The van der Waals surface area contributed by atoms with Gasteiger partial charge >= 0.3 is 0 Å². The molecule has 2 aromatic rings. The average molecular weight is 267 g/mol. The summed E-state index contributed by atoms with van der Waals surface area (Å²) >= 11 is 1.74. The predicted octanol–water partition coefficient (Wildman–Crippen LogP) is 4.22. The van der Waals surface area contributed by atoms with E-state index in [0.717, 1.165) is 12.8 Å². The van der Waals surface area contributed by atoms with Crippen LogP contribution in [-0.2, 0) is 0 Å². The molecule has 3 rings (SSSR count). The monoisotopic (exact) mass is 267 g/mol. The SMILES string of the molecule is N#Cc1ccccc1OC1(Sc2ccccc2)CC1. The Kier molecular flexibility index (Phi) is 3.18. The van der Waals surface area contributed by atoms with Crippen LogP contribution in [0.2, 0.25) is 0 Å². The van der Waals surface area contributed by atoms with Gasteiger partial charge in [-0.1, -0.05) is 42.1 Å². The highest BCUT2D eigenvalue weighted by atomic mass is 32.2. The molecule has 94 valence electrons. The highest BCUT2D eigenvalue weighted by Crippen LogP contribution is 2.52. The molecule has 0 aliphatic heterocycles. The fraction of sp³-hybridized carbons (Fsp3) is 0.188. The van der Waals surface area contributed by atoms with Gasteiger partial charge in [0, 0.05) is 17.7 Å². The Labute approximate surface area is 117 Å². The highest BCUT2D eigenvalue weighted by molar-refractivity contribution is 8.00. The summed E-state index contributed by atoms with van der Waals surface area (Å²) in [6.07, 6.45) is 2.04. The van der Waals surface area contributed by atoms with Crippen LogP contribution in [0.5, 0.6) is 5.75 Å². The minimum absolute atomic E-state index is 0.186. The van der Waals surface area contributed by atoms with E-state index in [1.165, 1.54) is 4.90 Å². The molecule has 1 saturated carbocycles. The van der Waals surface area contributed by atoms with E-state index in [9.17, 15) is 0 Å².